The van der Waals surface area contributed by atoms with Crippen molar-refractivity contribution >= 4 is 5.97 Å². The molecule has 1 atom stereocenters. The van der Waals surface area contributed by atoms with E-state index in [0.717, 1.165) is 11.1 Å². The molecule has 0 saturated heterocycles. The Morgan fingerprint density at radius 1 is 1.29 bits per heavy atom. The van der Waals surface area contributed by atoms with E-state index in [9.17, 15) is 4.79 Å². The fourth-order valence-electron chi connectivity index (χ4n) is 1.87. The number of carbonyl (C=O) groups is 1. The summed E-state index contributed by atoms with van der Waals surface area (Å²) in [5, 5.41) is 0. The molecular formula is C15H14O2. The average Bonchev–Trinajstić information content (AvgIpc) is 2.64. The van der Waals surface area contributed by atoms with Gasteiger partial charge in [-0.2, -0.15) is 0 Å². The molecule has 0 bridgehead atoms. The van der Waals surface area contributed by atoms with Crippen LogP contribution in [0.3, 0.4) is 0 Å². The Labute approximate surface area is 101 Å². The Morgan fingerprint density at radius 2 is 2.00 bits per heavy atom. The third kappa shape index (κ3) is 2.21. The first-order chi connectivity index (χ1) is 8.24. The summed E-state index contributed by atoms with van der Waals surface area (Å²) in [5.41, 5.74) is 2.57. The van der Waals surface area contributed by atoms with E-state index >= 15 is 0 Å². The lowest BCUT2D eigenvalue weighted by Gasteiger charge is -2.11. The molecule has 0 saturated carbocycles. The lowest BCUT2D eigenvalue weighted by Crippen LogP contribution is -2.02. The van der Waals surface area contributed by atoms with Crippen molar-refractivity contribution in [3.8, 4) is 0 Å². The number of cyclic esters (lactones) is 1. The van der Waals surface area contributed by atoms with Crippen molar-refractivity contribution in [2.24, 2.45) is 0 Å². The smallest absolute Gasteiger partial charge is 0.339 e. The van der Waals surface area contributed by atoms with E-state index in [2.05, 4.69) is 6.58 Å². The van der Waals surface area contributed by atoms with Gasteiger partial charge in [-0.05, 0) is 24.1 Å². The van der Waals surface area contributed by atoms with E-state index in [1.807, 2.05) is 37.3 Å². The van der Waals surface area contributed by atoms with Crippen LogP contribution in [-0.4, -0.2) is 5.97 Å². The van der Waals surface area contributed by atoms with Gasteiger partial charge in [-0.15, -0.1) is 0 Å². The fraction of sp³-hybridized carbons (Fsp3) is 0.133. The van der Waals surface area contributed by atoms with E-state index in [1.165, 1.54) is 0 Å². The van der Waals surface area contributed by atoms with Crippen LogP contribution in [0.15, 0.2) is 66.3 Å². The zero-order valence-electron chi connectivity index (χ0n) is 9.72. The zero-order chi connectivity index (χ0) is 12.3. The highest BCUT2D eigenvalue weighted by molar-refractivity contribution is 5.95. The first-order valence-electron chi connectivity index (χ1n) is 5.50. The molecule has 0 aromatic heterocycles. The molecule has 2 rings (SSSR count). The number of carbonyl (C=O) groups excluding carboxylic acids is 1. The van der Waals surface area contributed by atoms with Crippen molar-refractivity contribution in [1.29, 1.82) is 0 Å². The molecule has 0 aliphatic carbocycles. The van der Waals surface area contributed by atoms with E-state index in [0.29, 0.717) is 5.57 Å². The van der Waals surface area contributed by atoms with E-state index in [1.54, 1.807) is 18.2 Å². The van der Waals surface area contributed by atoms with Crippen molar-refractivity contribution < 1.29 is 9.53 Å². The summed E-state index contributed by atoms with van der Waals surface area (Å²) < 4.78 is 5.37. The van der Waals surface area contributed by atoms with Crippen LogP contribution >= 0.6 is 0 Å². The normalized spacial score (nSPS) is 19.8. The highest BCUT2D eigenvalue weighted by atomic mass is 16.5. The Hall–Kier alpha value is -2.09. The lowest BCUT2D eigenvalue weighted by atomic mass is 10.0. The summed E-state index contributed by atoms with van der Waals surface area (Å²) >= 11 is 0. The minimum absolute atomic E-state index is 0.256. The maximum Gasteiger partial charge on any atom is 0.339 e. The second kappa shape index (κ2) is 4.83. The zero-order valence-corrected chi connectivity index (χ0v) is 9.72. The van der Waals surface area contributed by atoms with Crippen molar-refractivity contribution in [3.63, 3.8) is 0 Å². The third-order valence-electron chi connectivity index (χ3n) is 2.76. The van der Waals surface area contributed by atoms with Gasteiger partial charge in [0.2, 0.25) is 0 Å². The number of esters is 1. The van der Waals surface area contributed by atoms with Gasteiger partial charge in [0.15, 0.2) is 0 Å². The van der Waals surface area contributed by atoms with Crippen molar-refractivity contribution in [2.75, 3.05) is 0 Å². The van der Waals surface area contributed by atoms with Crippen LogP contribution in [0.2, 0.25) is 0 Å². The van der Waals surface area contributed by atoms with Crippen molar-refractivity contribution in [1.82, 2.24) is 0 Å². The van der Waals surface area contributed by atoms with Crippen molar-refractivity contribution in [2.45, 2.75) is 13.0 Å². The van der Waals surface area contributed by atoms with Crippen LogP contribution < -0.4 is 0 Å². The van der Waals surface area contributed by atoms with Crippen LogP contribution in [-0.2, 0) is 9.53 Å². The molecule has 1 heterocycles. The van der Waals surface area contributed by atoms with Crippen LogP contribution in [0, 0.1) is 0 Å². The van der Waals surface area contributed by atoms with Crippen molar-refractivity contribution in [3.05, 3.63) is 71.8 Å². The summed E-state index contributed by atoms with van der Waals surface area (Å²) in [6.07, 6.45) is 4.87. The number of benzene rings is 1. The number of hydrogen-bond donors (Lipinski definition) is 0. The summed E-state index contributed by atoms with van der Waals surface area (Å²) in [5.74, 6) is -0.269. The minimum Gasteiger partial charge on any atom is -0.449 e. The monoisotopic (exact) mass is 226 g/mol. The number of hydrogen-bond acceptors (Lipinski definition) is 2. The second-order valence-electron chi connectivity index (χ2n) is 3.89. The van der Waals surface area contributed by atoms with Gasteiger partial charge in [-0.3, -0.25) is 0 Å². The molecule has 1 aliphatic heterocycles. The molecule has 17 heavy (non-hydrogen) atoms. The molecule has 1 aromatic carbocycles. The number of ether oxygens (including phenoxy) is 1. The summed E-state index contributed by atoms with van der Waals surface area (Å²) in [6.45, 7) is 5.51. The molecule has 0 amide bonds. The van der Waals surface area contributed by atoms with Gasteiger partial charge in [0, 0.05) is 0 Å². The minimum atomic E-state index is -0.269. The summed E-state index contributed by atoms with van der Waals surface area (Å²) in [7, 11) is 0. The van der Waals surface area contributed by atoms with Gasteiger partial charge in [0.1, 0.15) is 6.10 Å². The standard InChI is InChI=1S/C15H14O2/c1-3-4-10-13-11(2)14(17-15(13)16)12-8-6-5-7-9-12/h3-10,14H,1H2,2H3/b10-4-. The molecule has 2 nitrogen and oxygen atoms in total. The molecule has 86 valence electrons. The van der Waals surface area contributed by atoms with Crippen LogP contribution in [0.25, 0.3) is 0 Å². The number of rotatable bonds is 3. The fourth-order valence-corrected chi connectivity index (χ4v) is 1.87. The number of allylic oxidation sites excluding steroid dienone is 2. The molecule has 2 heteroatoms. The van der Waals surface area contributed by atoms with E-state index in [-0.39, 0.29) is 12.1 Å². The summed E-state index contributed by atoms with van der Waals surface area (Å²) in [4.78, 5) is 11.7. The molecule has 1 aromatic rings. The first-order valence-corrected chi connectivity index (χ1v) is 5.50. The van der Waals surface area contributed by atoms with Gasteiger partial charge in [-0.1, -0.05) is 49.1 Å². The largest absolute Gasteiger partial charge is 0.449 e. The summed E-state index contributed by atoms with van der Waals surface area (Å²) in [6, 6.07) is 9.74. The van der Waals surface area contributed by atoms with Gasteiger partial charge in [0.25, 0.3) is 0 Å². The maximum absolute atomic E-state index is 11.7. The topological polar surface area (TPSA) is 26.3 Å². The molecule has 0 N–H and O–H groups in total. The second-order valence-corrected chi connectivity index (χ2v) is 3.89. The highest BCUT2D eigenvalue weighted by Crippen LogP contribution is 2.35. The van der Waals surface area contributed by atoms with Gasteiger partial charge in [-0.25, -0.2) is 4.79 Å². The van der Waals surface area contributed by atoms with Gasteiger partial charge < -0.3 is 4.74 Å². The molecular weight excluding hydrogens is 212 g/mol. The van der Waals surface area contributed by atoms with Crippen LogP contribution in [0.1, 0.15) is 18.6 Å². The Balaban J connectivity index is 2.35. The predicted octanol–water partition coefficient (Wildman–Crippen LogP) is 3.34. The third-order valence-corrected chi connectivity index (χ3v) is 2.76. The molecule has 1 aliphatic rings. The predicted molar refractivity (Wildman–Crippen MR) is 67.3 cm³/mol. The Bertz CT molecular complexity index is 495. The van der Waals surface area contributed by atoms with Gasteiger partial charge >= 0.3 is 5.97 Å². The Kier molecular flexibility index (Phi) is 3.24. The highest BCUT2D eigenvalue weighted by Gasteiger charge is 2.30. The lowest BCUT2D eigenvalue weighted by molar-refractivity contribution is -0.139. The SMILES string of the molecule is C=C/C=C\C1=C(C)C(c2ccccc2)OC1=O. The van der Waals surface area contributed by atoms with Gasteiger partial charge in [0.05, 0.1) is 5.57 Å². The van der Waals surface area contributed by atoms with E-state index < -0.39 is 0 Å². The molecule has 0 radical (unpaired) electrons. The first kappa shape index (κ1) is 11.4. The Morgan fingerprint density at radius 3 is 2.65 bits per heavy atom. The quantitative estimate of drug-likeness (QED) is 0.583. The molecule has 0 spiro atoms. The molecule has 1 unspecified atom stereocenters. The average molecular weight is 226 g/mol. The van der Waals surface area contributed by atoms with E-state index in [4.69, 9.17) is 4.74 Å². The molecule has 0 fully saturated rings. The van der Waals surface area contributed by atoms with Crippen LogP contribution in [0.4, 0.5) is 0 Å². The van der Waals surface area contributed by atoms with Crippen LogP contribution in [0.5, 0.6) is 0 Å². The maximum atomic E-state index is 11.7.